The number of amides is 1. The predicted molar refractivity (Wildman–Crippen MR) is 104 cm³/mol. The fraction of sp³-hybridized carbons (Fsp3) is 0.333. The molecule has 3 aromatic rings. The highest BCUT2D eigenvalue weighted by Gasteiger charge is 2.16. The molecule has 0 unspecified atom stereocenters. The SMILES string of the molecule is O=C(NC[C@@H]1CCCCO1)c1ccc2oc(Cc3ccc(Cl)cc3)nc2c1. The molecule has 0 aliphatic carbocycles. The number of aromatic nitrogens is 1. The van der Waals surface area contributed by atoms with Gasteiger partial charge < -0.3 is 14.5 Å². The molecule has 1 N–H and O–H groups in total. The van der Waals surface area contributed by atoms with Crippen LogP contribution in [0.1, 0.15) is 41.1 Å². The Morgan fingerprint density at radius 1 is 1.19 bits per heavy atom. The molecule has 6 heteroatoms. The number of carbonyl (C=O) groups excluding carboxylic acids is 1. The lowest BCUT2D eigenvalue weighted by Crippen LogP contribution is -2.35. The lowest BCUT2D eigenvalue weighted by atomic mass is 10.1. The molecule has 2 heterocycles. The molecular formula is C21H21ClN2O3. The Morgan fingerprint density at radius 2 is 2.04 bits per heavy atom. The third kappa shape index (κ3) is 4.49. The standard InChI is InChI=1S/C21H21ClN2O3/c22-16-7-4-14(5-8-16)11-20-24-18-12-15(6-9-19(18)27-20)21(25)23-13-17-3-1-2-10-26-17/h4-9,12,17H,1-3,10-11,13H2,(H,23,25)/t17-/m0/s1. The first-order valence-corrected chi connectivity index (χ1v) is 9.59. The van der Waals surface area contributed by atoms with Gasteiger partial charge in [0.05, 0.1) is 6.10 Å². The minimum absolute atomic E-state index is 0.115. The van der Waals surface area contributed by atoms with Crippen LogP contribution in [-0.2, 0) is 11.2 Å². The van der Waals surface area contributed by atoms with Gasteiger partial charge in [-0.15, -0.1) is 0 Å². The third-order valence-electron chi connectivity index (χ3n) is 4.73. The summed E-state index contributed by atoms with van der Waals surface area (Å²) in [7, 11) is 0. The van der Waals surface area contributed by atoms with Crippen molar-refractivity contribution in [1.82, 2.24) is 10.3 Å². The van der Waals surface area contributed by atoms with Crippen LogP contribution < -0.4 is 5.32 Å². The first kappa shape index (κ1) is 18.0. The number of halogens is 1. The van der Waals surface area contributed by atoms with Gasteiger partial charge in [0, 0.05) is 30.2 Å². The number of nitrogens with one attached hydrogen (secondary N) is 1. The Kier molecular flexibility index (Phi) is 5.41. The van der Waals surface area contributed by atoms with Gasteiger partial charge in [0.25, 0.3) is 5.91 Å². The van der Waals surface area contributed by atoms with Crippen molar-refractivity contribution in [3.05, 3.63) is 64.5 Å². The van der Waals surface area contributed by atoms with Gasteiger partial charge in [-0.2, -0.15) is 0 Å². The van der Waals surface area contributed by atoms with Crippen LogP contribution in [0.25, 0.3) is 11.1 Å². The van der Waals surface area contributed by atoms with Crippen LogP contribution in [0, 0.1) is 0 Å². The van der Waals surface area contributed by atoms with Crippen LogP contribution >= 0.6 is 11.6 Å². The van der Waals surface area contributed by atoms with Crippen molar-refractivity contribution < 1.29 is 13.9 Å². The smallest absolute Gasteiger partial charge is 0.251 e. The number of benzene rings is 2. The summed E-state index contributed by atoms with van der Waals surface area (Å²) in [6, 6.07) is 12.9. The number of hydrogen-bond acceptors (Lipinski definition) is 4. The second-order valence-electron chi connectivity index (χ2n) is 6.79. The quantitative estimate of drug-likeness (QED) is 0.709. The average molecular weight is 385 g/mol. The minimum atomic E-state index is -0.117. The highest BCUT2D eigenvalue weighted by Crippen LogP contribution is 2.20. The lowest BCUT2D eigenvalue weighted by Gasteiger charge is -2.22. The van der Waals surface area contributed by atoms with E-state index in [1.165, 1.54) is 0 Å². The van der Waals surface area contributed by atoms with E-state index in [9.17, 15) is 4.79 Å². The number of oxazole rings is 1. The molecule has 1 fully saturated rings. The number of carbonyl (C=O) groups is 1. The van der Waals surface area contributed by atoms with Crippen molar-refractivity contribution in [3.63, 3.8) is 0 Å². The number of ether oxygens (including phenoxy) is 1. The van der Waals surface area contributed by atoms with Crippen LogP contribution in [0.15, 0.2) is 46.9 Å². The lowest BCUT2D eigenvalue weighted by molar-refractivity contribution is 0.0169. The van der Waals surface area contributed by atoms with Crippen LogP contribution in [-0.4, -0.2) is 30.1 Å². The summed E-state index contributed by atoms with van der Waals surface area (Å²) in [6.45, 7) is 1.32. The van der Waals surface area contributed by atoms with Crippen LogP contribution in [0.4, 0.5) is 0 Å². The van der Waals surface area contributed by atoms with Gasteiger partial charge in [-0.3, -0.25) is 4.79 Å². The number of rotatable bonds is 5. The van der Waals surface area contributed by atoms with Crippen molar-refractivity contribution in [2.45, 2.75) is 31.8 Å². The molecule has 1 aromatic heterocycles. The summed E-state index contributed by atoms with van der Waals surface area (Å²) in [4.78, 5) is 16.9. The zero-order chi connectivity index (χ0) is 18.6. The predicted octanol–water partition coefficient (Wildman–Crippen LogP) is 4.37. The first-order valence-electron chi connectivity index (χ1n) is 9.21. The Bertz CT molecular complexity index is 930. The molecule has 1 aliphatic heterocycles. The van der Waals surface area contributed by atoms with Crippen molar-refractivity contribution in [3.8, 4) is 0 Å². The molecule has 5 nitrogen and oxygen atoms in total. The largest absolute Gasteiger partial charge is 0.440 e. The van der Waals surface area contributed by atoms with Gasteiger partial charge in [-0.05, 0) is 55.2 Å². The maximum atomic E-state index is 12.4. The Balaban J connectivity index is 1.43. The summed E-state index contributed by atoms with van der Waals surface area (Å²) in [5.74, 6) is 0.494. The van der Waals surface area contributed by atoms with Crippen LogP contribution in [0.3, 0.4) is 0 Å². The molecule has 1 saturated heterocycles. The van der Waals surface area contributed by atoms with Crippen molar-refractivity contribution >= 4 is 28.6 Å². The molecular weight excluding hydrogens is 364 g/mol. The van der Waals surface area contributed by atoms with Crippen molar-refractivity contribution in [2.75, 3.05) is 13.2 Å². The Hall–Kier alpha value is -2.37. The molecule has 0 bridgehead atoms. The van der Waals surface area contributed by atoms with E-state index in [0.29, 0.717) is 40.5 Å². The monoisotopic (exact) mass is 384 g/mol. The van der Waals surface area contributed by atoms with Gasteiger partial charge in [0.2, 0.25) is 0 Å². The van der Waals surface area contributed by atoms with Gasteiger partial charge >= 0.3 is 0 Å². The normalized spacial score (nSPS) is 17.1. The highest BCUT2D eigenvalue weighted by atomic mass is 35.5. The van der Waals surface area contributed by atoms with E-state index < -0.39 is 0 Å². The van der Waals surface area contributed by atoms with Crippen molar-refractivity contribution in [2.24, 2.45) is 0 Å². The number of fused-ring (bicyclic) bond motifs is 1. The number of nitrogens with zero attached hydrogens (tertiary/aromatic N) is 1. The zero-order valence-electron chi connectivity index (χ0n) is 14.9. The maximum absolute atomic E-state index is 12.4. The van der Waals surface area contributed by atoms with Gasteiger partial charge in [0.15, 0.2) is 11.5 Å². The zero-order valence-corrected chi connectivity index (χ0v) is 15.7. The van der Waals surface area contributed by atoms with E-state index in [1.54, 1.807) is 18.2 Å². The van der Waals surface area contributed by atoms with E-state index in [-0.39, 0.29) is 12.0 Å². The van der Waals surface area contributed by atoms with E-state index in [1.807, 2.05) is 24.3 Å². The molecule has 4 rings (SSSR count). The molecule has 0 saturated carbocycles. The van der Waals surface area contributed by atoms with E-state index >= 15 is 0 Å². The minimum Gasteiger partial charge on any atom is -0.440 e. The third-order valence-corrected chi connectivity index (χ3v) is 4.98. The number of hydrogen-bond donors (Lipinski definition) is 1. The molecule has 27 heavy (non-hydrogen) atoms. The maximum Gasteiger partial charge on any atom is 0.251 e. The Labute approximate surface area is 162 Å². The fourth-order valence-corrected chi connectivity index (χ4v) is 3.37. The summed E-state index contributed by atoms with van der Waals surface area (Å²) < 4.78 is 11.4. The molecule has 0 radical (unpaired) electrons. The van der Waals surface area contributed by atoms with E-state index in [4.69, 9.17) is 20.8 Å². The average Bonchev–Trinajstić information content (AvgIpc) is 3.10. The van der Waals surface area contributed by atoms with Gasteiger partial charge in [-0.1, -0.05) is 23.7 Å². The molecule has 2 aromatic carbocycles. The summed E-state index contributed by atoms with van der Waals surface area (Å²) in [5.41, 5.74) is 2.99. The van der Waals surface area contributed by atoms with Gasteiger partial charge in [-0.25, -0.2) is 4.98 Å². The highest BCUT2D eigenvalue weighted by molar-refractivity contribution is 6.30. The molecule has 1 aliphatic rings. The van der Waals surface area contributed by atoms with E-state index in [0.717, 1.165) is 31.4 Å². The summed E-state index contributed by atoms with van der Waals surface area (Å²) in [6.07, 6.45) is 3.95. The van der Waals surface area contributed by atoms with Crippen LogP contribution in [0.5, 0.6) is 0 Å². The molecule has 1 amide bonds. The fourth-order valence-electron chi connectivity index (χ4n) is 3.25. The summed E-state index contributed by atoms with van der Waals surface area (Å²) in [5, 5.41) is 3.65. The topological polar surface area (TPSA) is 64.4 Å². The second kappa shape index (κ2) is 8.11. The molecule has 140 valence electrons. The molecule has 0 spiro atoms. The van der Waals surface area contributed by atoms with Crippen LogP contribution in [0.2, 0.25) is 5.02 Å². The van der Waals surface area contributed by atoms with E-state index in [2.05, 4.69) is 10.3 Å². The van der Waals surface area contributed by atoms with Gasteiger partial charge in [0.1, 0.15) is 5.52 Å². The first-order chi connectivity index (χ1) is 13.2. The molecule has 1 atom stereocenters. The van der Waals surface area contributed by atoms with Crippen molar-refractivity contribution in [1.29, 1.82) is 0 Å². The second-order valence-corrected chi connectivity index (χ2v) is 7.23. The summed E-state index contributed by atoms with van der Waals surface area (Å²) >= 11 is 5.92. The Morgan fingerprint density at radius 3 is 2.81 bits per heavy atom.